The molecule has 0 spiro atoms. The summed E-state index contributed by atoms with van der Waals surface area (Å²) < 4.78 is 1.55. The average Bonchev–Trinajstić information content (AvgIpc) is 2.70. The molecule has 1 heterocycles. The van der Waals surface area contributed by atoms with Gasteiger partial charge in [-0.2, -0.15) is 0 Å². The van der Waals surface area contributed by atoms with E-state index in [0.29, 0.717) is 27.3 Å². The molecule has 1 aromatic carbocycles. The first kappa shape index (κ1) is 10.7. The molecule has 15 heavy (non-hydrogen) atoms. The summed E-state index contributed by atoms with van der Waals surface area (Å²) in [5.41, 5.74) is 1.38. The van der Waals surface area contributed by atoms with Crippen molar-refractivity contribution in [2.24, 2.45) is 0 Å². The van der Waals surface area contributed by atoms with Crippen molar-refractivity contribution in [3.63, 3.8) is 0 Å². The zero-order chi connectivity index (χ0) is 10.8. The lowest BCUT2D eigenvalue weighted by Gasteiger charge is -2.03. The smallest absolute Gasteiger partial charge is 0.0979 e. The molecular formula is C9H6Cl3N3. The van der Waals surface area contributed by atoms with Gasteiger partial charge in [0.05, 0.1) is 33.5 Å². The molecule has 2 aromatic rings. The molecule has 0 aliphatic carbocycles. The van der Waals surface area contributed by atoms with Gasteiger partial charge in [-0.05, 0) is 12.1 Å². The zero-order valence-electron chi connectivity index (χ0n) is 7.49. The number of halogens is 3. The molecule has 0 bridgehead atoms. The van der Waals surface area contributed by atoms with Crippen LogP contribution in [0.5, 0.6) is 0 Å². The third-order valence-corrected chi connectivity index (χ3v) is 2.94. The third-order valence-electron chi connectivity index (χ3n) is 1.86. The summed E-state index contributed by atoms with van der Waals surface area (Å²) in [6.07, 6.45) is 1.71. The van der Waals surface area contributed by atoms with E-state index >= 15 is 0 Å². The molecule has 0 aliphatic rings. The van der Waals surface area contributed by atoms with Crippen molar-refractivity contribution in [3.8, 4) is 5.69 Å². The second-order valence-electron chi connectivity index (χ2n) is 2.86. The van der Waals surface area contributed by atoms with Gasteiger partial charge in [0, 0.05) is 0 Å². The summed E-state index contributed by atoms with van der Waals surface area (Å²) >= 11 is 17.5. The molecule has 0 saturated carbocycles. The Bertz CT molecular complexity index is 481. The van der Waals surface area contributed by atoms with E-state index in [2.05, 4.69) is 10.3 Å². The van der Waals surface area contributed by atoms with Gasteiger partial charge in [0.2, 0.25) is 0 Å². The number of rotatable bonds is 2. The highest BCUT2D eigenvalue weighted by molar-refractivity contribution is 6.43. The molecule has 0 atom stereocenters. The average molecular weight is 263 g/mol. The largest absolute Gasteiger partial charge is 0.219 e. The predicted molar refractivity (Wildman–Crippen MR) is 60.9 cm³/mol. The Morgan fingerprint density at radius 3 is 2.73 bits per heavy atom. The highest BCUT2D eigenvalue weighted by Crippen LogP contribution is 2.27. The Labute approximate surface area is 102 Å². The molecule has 1 aromatic heterocycles. The van der Waals surface area contributed by atoms with E-state index in [9.17, 15) is 0 Å². The van der Waals surface area contributed by atoms with Crippen molar-refractivity contribution in [2.45, 2.75) is 5.88 Å². The van der Waals surface area contributed by atoms with E-state index in [0.717, 1.165) is 0 Å². The lowest BCUT2D eigenvalue weighted by Crippen LogP contribution is -1.95. The third kappa shape index (κ3) is 2.09. The Morgan fingerprint density at radius 2 is 2.07 bits per heavy atom. The SMILES string of the molecule is ClCc1cn(-c2cccc(Cl)c2Cl)nn1. The Balaban J connectivity index is 2.49. The van der Waals surface area contributed by atoms with Crippen LogP contribution in [0.4, 0.5) is 0 Å². The first-order chi connectivity index (χ1) is 7.22. The number of alkyl halides is 1. The molecule has 2 rings (SSSR count). The molecule has 0 unspecified atom stereocenters. The van der Waals surface area contributed by atoms with Crippen molar-refractivity contribution in [1.29, 1.82) is 0 Å². The van der Waals surface area contributed by atoms with Gasteiger partial charge in [0.25, 0.3) is 0 Å². The maximum Gasteiger partial charge on any atom is 0.0979 e. The maximum absolute atomic E-state index is 6.03. The summed E-state index contributed by atoms with van der Waals surface area (Å²) in [7, 11) is 0. The molecular weight excluding hydrogens is 256 g/mol. The van der Waals surface area contributed by atoms with Gasteiger partial charge in [-0.25, -0.2) is 4.68 Å². The van der Waals surface area contributed by atoms with E-state index in [1.165, 1.54) is 0 Å². The quantitative estimate of drug-likeness (QED) is 0.777. The lowest BCUT2D eigenvalue weighted by atomic mass is 10.3. The molecule has 0 amide bonds. The van der Waals surface area contributed by atoms with E-state index in [1.807, 2.05) is 0 Å². The van der Waals surface area contributed by atoms with Gasteiger partial charge < -0.3 is 0 Å². The topological polar surface area (TPSA) is 30.7 Å². The van der Waals surface area contributed by atoms with Crippen LogP contribution in [-0.4, -0.2) is 15.0 Å². The van der Waals surface area contributed by atoms with E-state index in [1.54, 1.807) is 29.1 Å². The fourth-order valence-electron chi connectivity index (χ4n) is 1.15. The molecule has 0 fully saturated rings. The van der Waals surface area contributed by atoms with E-state index in [-0.39, 0.29) is 0 Å². The highest BCUT2D eigenvalue weighted by atomic mass is 35.5. The Morgan fingerprint density at radius 1 is 1.27 bits per heavy atom. The number of hydrogen-bond acceptors (Lipinski definition) is 2. The van der Waals surface area contributed by atoms with Crippen LogP contribution in [0, 0.1) is 0 Å². The van der Waals surface area contributed by atoms with Crippen LogP contribution in [-0.2, 0) is 5.88 Å². The predicted octanol–water partition coefficient (Wildman–Crippen LogP) is 3.31. The second kappa shape index (κ2) is 4.39. The van der Waals surface area contributed by atoms with Crippen LogP contribution in [0.3, 0.4) is 0 Å². The van der Waals surface area contributed by atoms with E-state index < -0.39 is 0 Å². The fourth-order valence-corrected chi connectivity index (χ4v) is 1.65. The molecule has 0 aliphatic heterocycles. The van der Waals surface area contributed by atoms with Gasteiger partial charge in [-0.15, -0.1) is 16.7 Å². The van der Waals surface area contributed by atoms with Crippen LogP contribution >= 0.6 is 34.8 Å². The number of benzene rings is 1. The molecule has 3 nitrogen and oxygen atoms in total. The van der Waals surface area contributed by atoms with E-state index in [4.69, 9.17) is 34.8 Å². The first-order valence-corrected chi connectivity index (χ1v) is 5.43. The number of hydrogen-bond donors (Lipinski definition) is 0. The summed E-state index contributed by atoms with van der Waals surface area (Å²) in [5.74, 6) is 0.318. The van der Waals surface area contributed by atoms with Crippen LogP contribution < -0.4 is 0 Å². The Kier molecular flexibility index (Phi) is 3.14. The maximum atomic E-state index is 6.03. The summed E-state index contributed by atoms with van der Waals surface area (Å²) in [6, 6.07) is 5.32. The van der Waals surface area contributed by atoms with Crippen molar-refractivity contribution >= 4 is 34.8 Å². The molecule has 6 heteroatoms. The number of nitrogens with zero attached hydrogens (tertiary/aromatic N) is 3. The minimum absolute atomic E-state index is 0.318. The number of aromatic nitrogens is 3. The summed E-state index contributed by atoms with van der Waals surface area (Å²) in [5, 5.41) is 8.69. The molecule has 0 N–H and O–H groups in total. The first-order valence-electron chi connectivity index (χ1n) is 4.14. The van der Waals surface area contributed by atoms with Crippen molar-refractivity contribution in [1.82, 2.24) is 15.0 Å². The van der Waals surface area contributed by atoms with Crippen molar-refractivity contribution < 1.29 is 0 Å². The van der Waals surface area contributed by atoms with Gasteiger partial charge >= 0.3 is 0 Å². The van der Waals surface area contributed by atoms with Gasteiger partial charge in [0.1, 0.15) is 0 Å². The van der Waals surface area contributed by atoms with Gasteiger partial charge in [-0.1, -0.05) is 34.5 Å². The molecule has 0 saturated heterocycles. The monoisotopic (exact) mass is 261 g/mol. The van der Waals surface area contributed by atoms with Gasteiger partial charge in [-0.3, -0.25) is 0 Å². The lowest BCUT2D eigenvalue weighted by molar-refractivity contribution is 0.800. The minimum atomic E-state index is 0.318. The van der Waals surface area contributed by atoms with Crippen LogP contribution in [0.2, 0.25) is 10.0 Å². The Hall–Kier alpha value is -0.770. The van der Waals surface area contributed by atoms with Crippen LogP contribution in [0.25, 0.3) is 5.69 Å². The zero-order valence-corrected chi connectivity index (χ0v) is 9.76. The summed E-state index contributed by atoms with van der Waals surface area (Å²) in [4.78, 5) is 0. The minimum Gasteiger partial charge on any atom is -0.219 e. The normalized spacial score (nSPS) is 10.6. The van der Waals surface area contributed by atoms with Gasteiger partial charge in [0.15, 0.2) is 0 Å². The summed E-state index contributed by atoms with van der Waals surface area (Å²) in [6.45, 7) is 0. The molecule has 78 valence electrons. The standard InChI is InChI=1S/C9H6Cl3N3/c10-4-6-5-15(14-13-6)8-3-1-2-7(11)9(8)12/h1-3,5H,4H2. The molecule has 0 radical (unpaired) electrons. The second-order valence-corrected chi connectivity index (χ2v) is 3.91. The fraction of sp³-hybridized carbons (Fsp3) is 0.111. The van der Waals surface area contributed by atoms with Crippen molar-refractivity contribution in [2.75, 3.05) is 0 Å². The van der Waals surface area contributed by atoms with Crippen molar-refractivity contribution in [3.05, 3.63) is 40.1 Å². The van der Waals surface area contributed by atoms with Crippen LogP contribution in [0.15, 0.2) is 24.4 Å². The highest BCUT2D eigenvalue weighted by Gasteiger charge is 2.08. The van der Waals surface area contributed by atoms with Crippen LogP contribution in [0.1, 0.15) is 5.69 Å².